The van der Waals surface area contributed by atoms with Crippen LogP contribution in [0, 0.1) is 5.92 Å². The van der Waals surface area contributed by atoms with E-state index in [1.807, 2.05) is 0 Å². The third-order valence-corrected chi connectivity index (χ3v) is 6.77. The molecule has 0 aromatic heterocycles. The number of rotatable bonds is 9. The topological polar surface area (TPSA) is 122 Å². The molecule has 1 saturated heterocycles. The van der Waals surface area contributed by atoms with Crippen molar-refractivity contribution in [2.45, 2.75) is 37.6 Å². The van der Waals surface area contributed by atoms with Gasteiger partial charge in [-0.15, -0.1) is 0 Å². The zero-order valence-corrected chi connectivity index (χ0v) is 19.7. The van der Waals surface area contributed by atoms with Crippen LogP contribution in [0.25, 0.3) is 0 Å². The van der Waals surface area contributed by atoms with Crippen LogP contribution in [0.1, 0.15) is 26.7 Å². The Morgan fingerprint density at radius 3 is 2.50 bits per heavy atom. The molecule has 1 heterocycles. The number of nitrogens with zero attached hydrogens (tertiary/aromatic N) is 2. The number of amides is 2. The maximum Gasteiger partial charge on any atom is 0.310 e. The third kappa shape index (κ3) is 6.67. The van der Waals surface area contributed by atoms with Crippen molar-refractivity contribution in [3.05, 3.63) is 24.3 Å². The van der Waals surface area contributed by atoms with Crippen LogP contribution in [0.15, 0.2) is 29.2 Å². The van der Waals surface area contributed by atoms with Crippen molar-refractivity contribution >= 4 is 27.8 Å². The quantitative estimate of drug-likeness (QED) is 0.526. The smallest absolute Gasteiger partial charge is 0.310 e. The van der Waals surface area contributed by atoms with Gasteiger partial charge in [-0.2, -0.15) is 4.72 Å². The second-order valence-corrected chi connectivity index (χ2v) is 9.36. The first-order valence-electron chi connectivity index (χ1n) is 10.4. The molecule has 10 nitrogen and oxygen atoms in total. The fourth-order valence-corrected chi connectivity index (χ4v) is 4.67. The Morgan fingerprint density at radius 2 is 1.91 bits per heavy atom. The van der Waals surface area contributed by atoms with Crippen LogP contribution in [0.4, 0.5) is 0 Å². The van der Waals surface area contributed by atoms with Crippen LogP contribution >= 0.6 is 0 Å². The van der Waals surface area contributed by atoms with Gasteiger partial charge in [0, 0.05) is 20.1 Å². The lowest BCUT2D eigenvalue weighted by atomic mass is 9.98. The highest BCUT2D eigenvalue weighted by Crippen LogP contribution is 2.19. The molecule has 1 aromatic carbocycles. The molecule has 1 N–H and O–H groups in total. The molecule has 0 saturated carbocycles. The number of carbonyl (C=O) groups excluding carboxylic acids is 3. The molecule has 0 bridgehead atoms. The molecule has 1 aliphatic rings. The van der Waals surface area contributed by atoms with E-state index in [4.69, 9.17) is 9.47 Å². The number of likely N-dealkylation sites (tertiary alicyclic amines) is 1. The average Bonchev–Trinajstić information content (AvgIpc) is 2.78. The van der Waals surface area contributed by atoms with Crippen molar-refractivity contribution in [2.24, 2.45) is 5.92 Å². The van der Waals surface area contributed by atoms with Crippen LogP contribution in [0.5, 0.6) is 5.75 Å². The SMILES string of the molecule is CCOC(=O)C1CCCN(C(=O)CN(C)C(=O)[C@H](C)NS(=O)(=O)c2ccc(OC)cc2)C1. The van der Waals surface area contributed by atoms with Gasteiger partial charge in [-0.05, 0) is 51.0 Å². The van der Waals surface area contributed by atoms with Crippen LogP contribution in [0.2, 0.25) is 0 Å². The fourth-order valence-electron chi connectivity index (χ4n) is 3.47. The molecular formula is C21H31N3O7S. The van der Waals surface area contributed by atoms with Gasteiger partial charge in [0.15, 0.2) is 0 Å². The number of benzene rings is 1. The molecule has 1 unspecified atom stereocenters. The van der Waals surface area contributed by atoms with Gasteiger partial charge in [0.25, 0.3) is 0 Å². The summed E-state index contributed by atoms with van der Waals surface area (Å²) in [5, 5.41) is 0. The summed E-state index contributed by atoms with van der Waals surface area (Å²) in [6.07, 6.45) is 1.33. The van der Waals surface area contributed by atoms with Crippen molar-refractivity contribution in [3.8, 4) is 5.75 Å². The van der Waals surface area contributed by atoms with Gasteiger partial charge >= 0.3 is 5.97 Å². The van der Waals surface area contributed by atoms with Gasteiger partial charge in [0.1, 0.15) is 5.75 Å². The second kappa shape index (κ2) is 11.3. The summed E-state index contributed by atoms with van der Waals surface area (Å²) in [5.41, 5.74) is 0. The molecule has 0 spiro atoms. The molecule has 0 aliphatic carbocycles. The maximum atomic E-state index is 12.7. The van der Waals surface area contributed by atoms with Crippen molar-refractivity contribution < 1.29 is 32.3 Å². The molecule has 11 heteroatoms. The Labute approximate surface area is 188 Å². The van der Waals surface area contributed by atoms with E-state index in [0.717, 1.165) is 0 Å². The predicted molar refractivity (Wildman–Crippen MR) is 116 cm³/mol. The summed E-state index contributed by atoms with van der Waals surface area (Å²) < 4.78 is 37.5. The molecule has 1 fully saturated rings. The lowest BCUT2D eigenvalue weighted by Gasteiger charge is -2.33. The third-order valence-electron chi connectivity index (χ3n) is 5.21. The summed E-state index contributed by atoms with van der Waals surface area (Å²) in [6.45, 7) is 3.96. The number of hydrogen-bond acceptors (Lipinski definition) is 7. The normalized spacial score (nSPS) is 17.4. The van der Waals surface area contributed by atoms with Gasteiger partial charge in [-0.3, -0.25) is 14.4 Å². The van der Waals surface area contributed by atoms with Gasteiger partial charge < -0.3 is 19.3 Å². The zero-order valence-electron chi connectivity index (χ0n) is 18.9. The highest BCUT2D eigenvalue weighted by molar-refractivity contribution is 7.89. The average molecular weight is 470 g/mol. The van der Waals surface area contributed by atoms with Crippen LogP contribution in [-0.4, -0.2) is 82.4 Å². The van der Waals surface area contributed by atoms with E-state index in [2.05, 4.69) is 4.72 Å². The van der Waals surface area contributed by atoms with E-state index in [-0.39, 0.29) is 42.4 Å². The highest BCUT2D eigenvalue weighted by Gasteiger charge is 2.31. The summed E-state index contributed by atoms with van der Waals surface area (Å²) in [5.74, 6) is -1.04. The molecule has 2 rings (SSSR count). The van der Waals surface area contributed by atoms with E-state index in [1.165, 1.54) is 50.2 Å². The second-order valence-electron chi connectivity index (χ2n) is 7.64. The Morgan fingerprint density at radius 1 is 1.25 bits per heavy atom. The molecule has 32 heavy (non-hydrogen) atoms. The molecule has 2 atom stereocenters. The van der Waals surface area contributed by atoms with Crippen molar-refractivity contribution in [1.29, 1.82) is 0 Å². The van der Waals surface area contributed by atoms with E-state index in [1.54, 1.807) is 11.8 Å². The first-order valence-corrected chi connectivity index (χ1v) is 11.9. The number of likely N-dealkylation sites (N-methyl/N-ethyl adjacent to an activating group) is 1. The number of methoxy groups -OCH3 is 1. The lowest BCUT2D eigenvalue weighted by Crippen LogP contribution is -2.50. The number of sulfonamides is 1. The monoisotopic (exact) mass is 469 g/mol. The molecular weight excluding hydrogens is 438 g/mol. The van der Waals surface area contributed by atoms with Crippen molar-refractivity contribution in [3.63, 3.8) is 0 Å². The predicted octanol–water partition coefficient (Wildman–Crippen LogP) is 0.622. The Hall–Kier alpha value is -2.66. The number of nitrogens with one attached hydrogen (secondary N) is 1. The minimum atomic E-state index is -3.93. The minimum absolute atomic E-state index is 0.00463. The Bertz CT molecular complexity index is 918. The van der Waals surface area contributed by atoms with Crippen LogP contribution in [0.3, 0.4) is 0 Å². The number of hydrogen-bond donors (Lipinski definition) is 1. The summed E-state index contributed by atoms with van der Waals surface area (Å²) in [7, 11) is -1.03. The van der Waals surface area contributed by atoms with E-state index in [0.29, 0.717) is 25.1 Å². The van der Waals surface area contributed by atoms with Crippen LogP contribution < -0.4 is 9.46 Å². The van der Waals surface area contributed by atoms with Crippen molar-refractivity contribution in [1.82, 2.24) is 14.5 Å². The first-order chi connectivity index (χ1) is 15.1. The van der Waals surface area contributed by atoms with Gasteiger partial charge in [0.2, 0.25) is 21.8 Å². The summed E-state index contributed by atoms with van der Waals surface area (Å²) in [6, 6.07) is 4.69. The number of piperidine rings is 1. The summed E-state index contributed by atoms with van der Waals surface area (Å²) in [4.78, 5) is 40.0. The fraction of sp³-hybridized carbons (Fsp3) is 0.571. The largest absolute Gasteiger partial charge is 0.497 e. The van der Waals surface area contributed by atoms with Gasteiger partial charge in [-0.1, -0.05) is 0 Å². The number of esters is 1. The van der Waals surface area contributed by atoms with E-state index >= 15 is 0 Å². The number of ether oxygens (including phenoxy) is 2. The van der Waals surface area contributed by atoms with Crippen molar-refractivity contribution in [2.75, 3.05) is 40.4 Å². The Kier molecular flexibility index (Phi) is 9.02. The first kappa shape index (κ1) is 25.6. The minimum Gasteiger partial charge on any atom is -0.497 e. The maximum absolute atomic E-state index is 12.7. The zero-order chi connectivity index (χ0) is 23.9. The molecule has 1 aliphatic heterocycles. The molecule has 1 aromatic rings. The van der Waals surface area contributed by atoms with E-state index in [9.17, 15) is 22.8 Å². The van der Waals surface area contributed by atoms with Gasteiger partial charge in [0.05, 0.1) is 37.1 Å². The highest BCUT2D eigenvalue weighted by atomic mass is 32.2. The standard InChI is InChI=1S/C21H31N3O7S/c1-5-31-21(27)16-7-6-12-24(13-16)19(25)14-23(3)20(26)15(2)22-32(28,29)18-10-8-17(30-4)9-11-18/h8-11,15-16,22H,5-7,12-14H2,1-4H3/t15-,16?/m0/s1. The molecule has 2 amide bonds. The molecule has 0 radical (unpaired) electrons. The van der Waals surface area contributed by atoms with Gasteiger partial charge in [-0.25, -0.2) is 8.42 Å². The molecule has 178 valence electrons. The Balaban J connectivity index is 1.94. The summed E-state index contributed by atoms with van der Waals surface area (Å²) >= 11 is 0. The van der Waals surface area contributed by atoms with E-state index < -0.39 is 22.0 Å². The number of carbonyl (C=O) groups is 3. The lowest BCUT2D eigenvalue weighted by molar-refractivity contribution is -0.152. The van der Waals surface area contributed by atoms with Crippen LogP contribution in [-0.2, 0) is 29.1 Å².